The summed E-state index contributed by atoms with van der Waals surface area (Å²) in [5, 5.41) is 0. The number of allylic oxidation sites excluding steroid dienone is 2. The number of hydrogen-bond donors (Lipinski definition) is 0. The molecule has 0 saturated carbocycles. The molecule has 0 amide bonds. The standard InChI is InChI=1S/C11H22OSi/c1-13(2,3)12-11-9-7-5-4-6-8-10-11/h4-5,11H,6-10H2,1-3H3/b5-4+. The molecule has 0 bridgehead atoms. The van der Waals surface area contributed by atoms with Gasteiger partial charge in [0.25, 0.3) is 0 Å². The van der Waals surface area contributed by atoms with Crippen molar-refractivity contribution in [2.75, 3.05) is 0 Å². The molecule has 1 atom stereocenters. The summed E-state index contributed by atoms with van der Waals surface area (Å²) < 4.78 is 6.12. The fourth-order valence-electron chi connectivity index (χ4n) is 1.74. The second-order valence-electron chi connectivity index (χ2n) is 4.83. The lowest BCUT2D eigenvalue weighted by Gasteiger charge is -2.26. The molecule has 13 heavy (non-hydrogen) atoms. The zero-order valence-corrected chi connectivity index (χ0v) is 10.2. The van der Waals surface area contributed by atoms with Crippen molar-refractivity contribution in [1.29, 1.82) is 0 Å². The molecule has 0 spiro atoms. The van der Waals surface area contributed by atoms with E-state index >= 15 is 0 Å². The molecule has 1 aliphatic carbocycles. The molecule has 0 radical (unpaired) electrons. The number of hydrogen-bond acceptors (Lipinski definition) is 1. The van der Waals surface area contributed by atoms with E-state index in [-0.39, 0.29) is 0 Å². The van der Waals surface area contributed by atoms with Crippen LogP contribution in [-0.4, -0.2) is 14.4 Å². The maximum absolute atomic E-state index is 6.12. The molecule has 0 saturated heterocycles. The Bertz CT molecular complexity index is 169. The van der Waals surface area contributed by atoms with Crippen LogP contribution in [0.4, 0.5) is 0 Å². The van der Waals surface area contributed by atoms with Crippen LogP contribution in [0, 0.1) is 0 Å². The van der Waals surface area contributed by atoms with Gasteiger partial charge in [0.2, 0.25) is 0 Å². The molecule has 0 heterocycles. The van der Waals surface area contributed by atoms with Gasteiger partial charge in [-0.15, -0.1) is 0 Å². The first-order valence-electron chi connectivity index (χ1n) is 5.41. The molecule has 0 fully saturated rings. The van der Waals surface area contributed by atoms with Gasteiger partial charge in [-0.2, -0.15) is 0 Å². The van der Waals surface area contributed by atoms with Crippen molar-refractivity contribution >= 4 is 8.32 Å². The maximum atomic E-state index is 6.12. The van der Waals surface area contributed by atoms with Crippen LogP contribution in [0.2, 0.25) is 19.6 Å². The van der Waals surface area contributed by atoms with Crippen LogP contribution in [-0.2, 0) is 4.43 Å². The average Bonchev–Trinajstić information content (AvgIpc) is 1.92. The monoisotopic (exact) mass is 198 g/mol. The third kappa shape index (κ3) is 5.27. The van der Waals surface area contributed by atoms with Crippen LogP contribution in [0.25, 0.3) is 0 Å². The predicted octanol–water partition coefficient (Wildman–Crippen LogP) is 3.73. The maximum Gasteiger partial charge on any atom is 0.184 e. The Labute approximate surface area is 83.3 Å². The first kappa shape index (κ1) is 11.0. The molecule has 1 rings (SSSR count). The summed E-state index contributed by atoms with van der Waals surface area (Å²) in [4.78, 5) is 0. The van der Waals surface area contributed by atoms with Gasteiger partial charge in [-0.1, -0.05) is 12.2 Å². The van der Waals surface area contributed by atoms with Gasteiger partial charge in [-0.25, -0.2) is 0 Å². The topological polar surface area (TPSA) is 9.23 Å². The van der Waals surface area contributed by atoms with Crippen molar-refractivity contribution in [3.05, 3.63) is 12.2 Å². The van der Waals surface area contributed by atoms with Crippen molar-refractivity contribution in [1.82, 2.24) is 0 Å². The minimum Gasteiger partial charge on any atom is -0.415 e. The highest BCUT2D eigenvalue weighted by molar-refractivity contribution is 6.69. The summed E-state index contributed by atoms with van der Waals surface area (Å²) in [6.45, 7) is 6.84. The van der Waals surface area contributed by atoms with Crippen molar-refractivity contribution in [2.24, 2.45) is 0 Å². The van der Waals surface area contributed by atoms with Gasteiger partial charge in [0.15, 0.2) is 8.32 Å². The van der Waals surface area contributed by atoms with Gasteiger partial charge >= 0.3 is 0 Å². The molecule has 1 nitrogen and oxygen atoms in total. The van der Waals surface area contributed by atoms with Gasteiger partial charge in [-0.05, 0) is 51.7 Å². The minimum atomic E-state index is -1.31. The zero-order valence-electron chi connectivity index (χ0n) is 9.18. The molecule has 2 heteroatoms. The van der Waals surface area contributed by atoms with E-state index in [4.69, 9.17) is 4.43 Å². The molecule has 76 valence electrons. The minimum absolute atomic E-state index is 0.539. The van der Waals surface area contributed by atoms with E-state index in [2.05, 4.69) is 31.8 Å². The van der Waals surface area contributed by atoms with Gasteiger partial charge < -0.3 is 4.43 Å². The first-order valence-corrected chi connectivity index (χ1v) is 8.81. The third-order valence-electron chi connectivity index (χ3n) is 2.24. The Hall–Kier alpha value is -0.0831. The Kier molecular flexibility index (Phi) is 4.20. The fourth-order valence-corrected chi connectivity index (χ4v) is 2.98. The van der Waals surface area contributed by atoms with Gasteiger partial charge in [0, 0.05) is 6.10 Å². The molecule has 1 aliphatic rings. The van der Waals surface area contributed by atoms with Crippen molar-refractivity contribution in [2.45, 2.75) is 57.8 Å². The Morgan fingerprint density at radius 3 is 2.46 bits per heavy atom. The summed E-state index contributed by atoms with van der Waals surface area (Å²) >= 11 is 0. The lowest BCUT2D eigenvalue weighted by atomic mass is 10.0. The molecule has 0 aromatic rings. The van der Waals surface area contributed by atoms with Crippen molar-refractivity contribution in [3.8, 4) is 0 Å². The molecule has 0 aromatic heterocycles. The molecule has 0 N–H and O–H groups in total. The summed E-state index contributed by atoms with van der Waals surface area (Å²) in [6, 6.07) is 0. The molecular formula is C11H22OSi. The second-order valence-corrected chi connectivity index (χ2v) is 9.29. The van der Waals surface area contributed by atoms with E-state index in [9.17, 15) is 0 Å². The normalized spacial score (nSPS) is 27.8. The van der Waals surface area contributed by atoms with Gasteiger partial charge in [-0.3, -0.25) is 0 Å². The van der Waals surface area contributed by atoms with Crippen LogP contribution in [0.1, 0.15) is 32.1 Å². The summed E-state index contributed by atoms with van der Waals surface area (Å²) in [5.74, 6) is 0. The second kappa shape index (κ2) is 4.96. The van der Waals surface area contributed by atoms with Crippen LogP contribution < -0.4 is 0 Å². The Morgan fingerprint density at radius 1 is 1.08 bits per heavy atom. The molecule has 0 aliphatic heterocycles. The fraction of sp³-hybridized carbons (Fsp3) is 0.818. The van der Waals surface area contributed by atoms with E-state index in [1.807, 2.05) is 0 Å². The quantitative estimate of drug-likeness (QED) is 0.485. The van der Waals surface area contributed by atoms with E-state index < -0.39 is 8.32 Å². The molecular weight excluding hydrogens is 176 g/mol. The molecule has 1 unspecified atom stereocenters. The van der Waals surface area contributed by atoms with E-state index in [0.29, 0.717) is 6.10 Å². The van der Waals surface area contributed by atoms with E-state index in [0.717, 1.165) is 0 Å². The zero-order chi connectivity index (χ0) is 9.73. The van der Waals surface area contributed by atoms with E-state index in [1.54, 1.807) is 0 Å². The summed E-state index contributed by atoms with van der Waals surface area (Å²) in [7, 11) is -1.31. The van der Waals surface area contributed by atoms with Crippen LogP contribution in [0.5, 0.6) is 0 Å². The van der Waals surface area contributed by atoms with Crippen LogP contribution >= 0.6 is 0 Å². The van der Waals surface area contributed by atoms with Crippen LogP contribution in [0.15, 0.2) is 12.2 Å². The smallest absolute Gasteiger partial charge is 0.184 e. The Balaban J connectivity index is 2.36. The largest absolute Gasteiger partial charge is 0.415 e. The van der Waals surface area contributed by atoms with Crippen molar-refractivity contribution in [3.63, 3.8) is 0 Å². The van der Waals surface area contributed by atoms with E-state index in [1.165, 1.54) is 32.1 Å². The van der Waals surface area contributed by atoms with Crippen molar-refractivity contribution < 1.29 is 4.43 Å². The summed E-state index contributed by atoms with van der Waals surface area (Å²) in [5.41, 5.74) is 0. The Morgan fingerprint density at radius 2 is 1.77 bits per heavy atom. The number of rotatable bonds is 2. The molecule has 0 aromatic carbocycles. The highest BCUT2D eigenvalue weighted by atomic mass is 28.4. The van der Waals surface area contributed by atoms with Gasteiger partial charge in [0.05, 0.1) is 0 Å². The van der Waals surface area contributed by atoms with Gasteiger partial charge in [0.1, 0.15) is 0 Å². The highest BCUT2D eigenvalue weighted by Gasteiger charge is 2.20. The lowest BCUT2D eigenvalue weighted by molar-refractivity contribution is 0.171. The van der Waals surface area contributed by atoms with Crippen LogP contribution in [0.3, 0.4) is 0 Å². The highest BCUT2D eigenvalue weighted by Crippen LogP contribution is 2.19. The predicted molar refractivity (Wildman–Crippen MR) is 60.4 cm³/mol. The SMILES string of the molecule is C[Si](C)(C)OC1CC/C=C/CCC1. The first-order chi connectivity index (χ1) is 6.08. The average molecular weight is 198 g/mol. The summed E-state index contributed by atoms with van der Waals surface area (Å²) in [6.07, 6.45) is 11.4. The third-order valence-corrected chi connectivity index (χ3v) is 3.28. The lowest BCUT2D eigenvalue weighted by Crippen LogP contribution is -2.32.